The van der Waals surface area contributed by atoms with Crippen LogP contribution in [0.3, 0.4) is 0 Å². The first-order chi connectivity index (χ1) is 7.86. The Kier molecular flexibility index (Phi) is 4.18. The molecule has 0 fully saturated rings. The fourth-order valence-electron chi connectivity index (χ4n) is 1.23. The number of nitrogens with zero attached hydrogens (tertiary/aromatic N) is 1. The molecule has 0 aliphatic rings. The molecule has 0 saturated carbocycles. The molecule has 0 N–H and O–H groups in total. The van der Waals surface area contributed by atoms with Crippen LogP contribution in [0.15, 0.2) is 39.6 Å². The Morgan fingerprint density at radius 3 is 3.19 bits per heavy atom. The molecule has 2 rings (SSSR count). The lowest BCUT2D eigenvalue weighted by atomic mass is 10.2. The first-order valence-electron chi connectivity index (χ1n) is 4.95. The van der Waals surface area contributed by atoms with Gasteiger partial charge >= 0.3 is 0 Å². The van der Waals surface area contributed by atoms with Gasteiger partial charge in [-0.2, -0.15) is 0 Å². The minimum atomic E-state index is 0.225. The van der Waals surface area contributed by atoms with Gasteiger partial charge in [0, 0.05) is 12.2 Å². The zero-order valence-electron chi connectivity index (χ0n) is 8.59. The Bertz CT molecular complexity index is 423. The summed E-state index contributed by atoms with van der Waals surface area (Å²) in [4.78, 5) is 16.5. The SMILES string of the molecule is O=C(CCCSc1ncco1)c1cccs1. The predicted molar refractivity (Wildman–Crippen MR) is 65.1 cm³/mol. The van der Waals surface area contributed by atoms with Gasteiger partial charge in [-0.1, -0.05) is 17.8 Å². The molecule has 0 radical (unpaired) electrons. The zero-order chi connectivity index (χ0) is 11.2. The maximum Gasteiger partial charge on any atom is 0.255 e. The van der Waals surface area contributed by atoms with E-state index in [2.05, 4.69) is 4.98 Å². The van der Waals surface area contributed by atoms with Crippen molar-refractivity contribution in [2.24, 2.45) is 0 Å². The fraction of sp³-hybridized carbons (Fsp3) is 0.273. The fourth-order valence-corrected chi connectivity index (χ4v) is 2.65. The van der Waals surface area contributed by atoms with Gasteiger partial charge in [-0.05, 0) is 17.9 Å². The molecule has 0 saturated heterocycles. The number of rotatable bonds is 6. The Labute approximate surface area is 102 Å². The summed E-state index contributed by atoms with van der Waals surface area (Å²) in [6, 6.07) is 3.77. The molecule has 0 amide bonds. The van der Waals surface area contributed by atoms with Crippen LogP contribution in [0.4, 0.5) is 0 Å². The van der Waals surface area contributed by atoms with E-state index in [1.165, 1.54) is 23.1 Å². The summed E-state index contributed by atoms with van der Waals surface area (Å²) in [5, 5.41) is 2.60. The van der Waals surface area contributed by atoms with Gasteiger partial charge in [0.1, 0.15) is 6.26 Å². The summed E-state index contributed by atoms with van der Waals surface area (Å²) in [6.07, 6.45) is 4.62. The molecule has 0 aliphatic heterocycles. The van der Waals surface area contributed by atoms with Crippen LogP contribution in [0.2, 0.25) is 0 Å². The summed E-state index contributed by atoms with van der Waals surface area (Å²) in [7, 11) is 0. The molecule has 5 heteroatoms. The largest absolute Gasteiger partial charge is 0.440 e. The van der Waals surface area contributed by atoms with Crippen molar-refractivity contribution in [3.63, 3.8) is 0 Å². The lowest BCUT2D eigenvalue weighted by Gasteiger charge is -1.97. The molecule has 0 spiro atoms. The quantitative estimate of drug-likeness (QED) is 0.449. The zero-order valence-corrected chi connectivity index (χ0v) is 10.2. The van der Waals surface area contributed by atoms with Gasteiger partial charge in [0.25, 0.3) is 5.22 Å². The molecule has 0 aliphatic carbocycles. The number of aromatic nitrogens is 1. The van der Waals surface area contributed by atoms with Crippen molar-refractivity contribution in [2.75, 3.05) is 5.75 Å². The first-order valence-corrected chi connectivity index (χ1v) is 6.82. The van der Waals surface area contributed by atoms with E-state index in [0.717, 1.165) is 17.1 Å². The number of carbonyl (C=O) groups excluding carboxylic acids is 1. The van der Waals surface area contributed by atoms with Gasteiger partial charge < -0.3 is 4.42 Å². The molecule has 0 aromatic carbocycles. The number of hydrogen-bond acceptors (Lipinski definition) is 5. The number of hydrogen-bond donors (Lipinski definition) is 0. The molecule has 2 aromatic rings. The van der Waals surface area contributed by atoms with Crippen molar-refractivity contribution in [1.82, 2.24) is 4.98 Å². The second-order valence-electron chi connectivity index (χ2n) is 3.15. The van der Waals surface area contributed by atoms with E-state index in [-0.39, 0.29) is 5.78 Å². The van der Waals surface area contributed by atoms with Crippen molar-refractivity contribution in [2.45, 2.75) is 18.1 Å². The van der Waals surface area contributed by atoms with Crippen LogP contribution < -0.4 is 0 Å². The molecular formula is C11H11NO2S2. The van der Waals surface area contributed by atoms with Crippen molar-refractivity contribution < 1.29 is 9.21 Å². The summed E-state index contributed by atoms with van der Waals surface area (Å²) in [5.41, 5.74) is 0. The Hall–Kier alpha value is -1.07. The van der Waals surface area contributed by atoms with Gasteiger partial charge in [-0.15, -0.1) is 11.3 Å². The summed E-state index contributed by atoms with van der Waals surface area (Å²) >= 11 is 3.04. The van der Waals surface area contributed by atoms with E-state index in [0.29, 0.717) is 11.6 Å². The highest BCUT2D eigenvalue weighted by atomic mass is 32.2. The summed E-state index contributed by atoms with van der Waals surface area (Å²) in [6.45, 7) is 0. The number of carbonyl (C=O) groups is 1. The normalized spacial score (nSPS) is 10.5. The highest BCUT2D eigenvalue weighted by molar-refractivity contribution is 7.99. The monoisotopic (exact) mass is 253 g/mol. The highest BCUT2D eigenvalue weighted by Gasteiger charge is 2.06. The van der Waals surface area contributed by atoms with Crippen LogP contribution in [0.1, 0.15) is 22.5 Å². The first kappa shape index (κ1) is 11.4. The predicted octanol–water partition coefficient (Wildman–Crippen LogP) is 3.49. The number of thioether (sulfide) groups is 1. The van der Waals surface area contributed by atoms with E-state index < -0.39 is 0 Å². The smallest absolute Gasteiger partial charge is 0.255 e. The van der Waals surface area contributed by atoms with Crippen LogP contribution in [0, 0.1) is 0 Å². The van der Waals surface area contributed by atoms with E-state index in [9.17, 15) is 4.79 Å². The molecule has 0 bridgehead atoms. The molecule has 0 unspecified atom stereocenters. The van der Waals surface area contributed by atoms with Crippen LogP contribution >= 0.6 is 23.1 Å². The van der Waals surface area contributed by atoms with Gasteiger partial charge in [0.2, 0.25) is 0 Å². The summed E-state index contributed by atoms with van der Waals surface area (Å²) < 4.78 is 5.08. The van der Waals surface area contributed by atoms with Crippen molar-refractivity contribution in [3.8, 4) is 0 Å². The molecular weight excluding hydrogens is 242 g/mol. The summed E-state index contributed by atoms with van der Waals surface area (Å²) in [5.74, 6) is 1.08. The average molecular weight is 253 g/mol. The standard InChI is InChI=1S/C11H11NO2S2/c13-9(10-4-2-7-15-10)3-1-8-16-11-12-5-6-14-11/h2,4-7H,1,3,8H2. The van der Waals surface area contributed by atoms with Crippen molar-refractivity contribution in [1.29, 1.82) is 0 Å². The third-order valence-corrected chi connectivity index (χ3v) is 3.83. The lowest BCUT2D eigenvalue weighted by Crippen LogP contribution is -1.96. The Morgan fingerprint density at radius 2 is 2.50 bits per heavy atom. The maximum atomic E-state index is 11.6. The minimum absolute atomic E-state index is 0.225. The Balaban J connectivity index is 1.67. The lowest BCUT2D eigenvalue weighted by molar-refractivity contribution is 0.0986. The van der Waals surface area contributed by atoms with Crippen molar-refractivity contribution >= 4 is 28.9 Å². The van der Waals surface area contributed by atoms with Crippen LogP contribution in [-0.4, -0.2) is 16.5 Å². The van der Waals surface area contributed by atoms with E-state index >= 15 is 0 Å². The number of ketones is 1. The van der Waals surface area contributed by atoms with E-state index in [1.54, 1.807) is 12.5 Å². The Morgan fingerprint density at radius 1 is 1.56 bits per heavy atom. The number of Topliss-reactive ketones (excluding diaryl/α,β-unsaturated/α-hetero) is 1. The molecule has 84 valence electrons. The van der Waals surface area contributed by atoms with Gasteiger partial charge in [-0.25, -0.2) is 4.98 Å². The van der Waals surface area contributed by atoms with Gasteiger partial charge in [0.15, 0.2) is 5.78 Å². The van der Waals surface area contributed by atoms with Crippen LogP contribution in [-0.2, 0) is 0 Å². The second-order valence-corrected chi connectivity index (χ2v) is 5.14. The average Bonchev–Trinajstić information content (AvgIpc) is 2.96. The number of oxazole rings is 1. The van der Waals surface area contributed by atoms with E-state index in [4.69, 9.17) is 4.42 Å². The van der Waals surface area contributed by atoms with Gasteiger partial charge in [0.05, 0.1) is 11.1 Å². The molecule has 3 nitrogen and oxygen atoms in total. The highest BCUT2D eigenvalue weighted by Crippen LogP contribution is 2.18. The molecule has 2 aromatic heterocycles. The van der Waals surface area contributed by atoms with Crippen molar-refractivity contribution in [3.05, 3.63) is 34.8 Å². The molecule has 2 heterocycles. The topological polar surface area (TPSA) is 43.1 Å². The van der Waals surface area contributed by atoms with E-state index in [1.807, 2.05) is 17.5 Å². The molecule has 0 atom stereocenters. The third-order valence-electron chi connectivity index (χ3n) is 1.98. The maximum absolute atomic E-state index is 11.6. The van der Waals surface area contributed by atoms with Crippen LogP contribution in [0.25, 0.3) is 0 Å². The van der Waals surface area contributed by atoms with Crippen LogP contribution in [0.5, 0.6) is 0 Å². The third kappa shape index (κ3) is 3.21. The minimum Gasteiger partial charge on any atom is -0.440 e. The number of thiophene rings is 1. The second kappa shape index (κ2) is 5.86. The van der Waals surface area contributed by atoms with Gasteiger partial charge in [-0.3, -0.25) is 4.79 Å². The molecule has 16 heavy (non-hydrogen) atoms.